The number of aromatic nitrogens is 1. The first-order valence-corrected chi connectivity index (χ1v) is 11.3. The molecule has 1 fully saturated rings. The number of hydrogen-bond acceptors (Lipinski definition) is 6. The van der Waals surface area contributed by atoms with Crippen LogP contribution in [0.1, 0.15) is 36.5 Å². The van der Waals surface area contributed by atoms with Crippen molar-refractivity contribution in [2.24, 2.45) is 0 Å². The Morgan fingerprint density at radius 1 is 1.14 bits per heavy atom. The Hall–Kier alpha value is -2.29. The number of amides is 1. The van der Waals surface area contributed by atoms with Gasteiger partial charge in [-0.15, -0.1) is 0 Å². The van der Waals surface area contributed by atoms with E-state index in [-0.39, 0.29) is 11.2 Å². The summed E-state index contributed by atoms with van der Waals surface area (Å²) in [5, 5.41) is 5.58. The highest BCUT2D eigenvalue weighted by Crippen LogP contribution is 2.23. The normalized spacial score (nSPS) is 16.4. The number of benzene rings is 1. The van der Waals surface area contributed by atoms with Gasteiger partial charge in [-0.05, 0) is 47.7 Å². The van der Waals surface area contributed by atoms with E-state index in [1.807, 2.05) is 12.4 Å². The lowest BCUT2D eigenvalue weighted by Crippen LogP contribution is -2.29. The van der Waals surface area contributed by atoms with Gasteiger partial charge in [0.25, 0.3) is 0 Å². The van der Waals surface area contributed by atoms with Gasteiger partial charge in [0.15, 0.2) is 9.84 Å². The Bertz CT molecular complexity index is 900. The van der Waals surface area contributed by atoms with Gasteiger partial charge in [0, 0.05) is 52.2 Å². The second-order valence-electron chi connectivity index (χ2n) is 7.16. The maximum absolute atomic E-state index is 12.4. The van der Waals surface area contributed by atoms with E-state index in [0.29, 0.717) is 37.5 Å². The number of nitrogens with one attached hydrogen (secondary N) is 2. The van der Waals surface area contributed by atoms with E-state index in [1.165, 1.54) is 18.1 Å². The molecule has 8 heteroatoms. The molecule has 29 heavy (non-hydrogen) atoms. The average molecular weight is 418 g/mol. The standard InChI is InChI=1S/C14H19NO4S.C7H8N2/c1-11(16)15-10-12-2-4-13(5-3-12)20(17,18)14-6-8-19-9-7-14;1-2-8-4-7-5-9-3-6(1)7/h2-5,14H,6-10H2,1H3,(H,15,16);1-2,4,9H,3,5H2. The highest BCUT2D eigenvalue weighted by atomic mass is 32.2. The van der Waals surface area contributed by atoms with E-state index in [0.717, 1.165) is 18.7 Å². The third kappa shape index (κ3) is 5.85. The molecule has 1 saturated heterocycles. The van der Waals surface area contributed by atoms with Crippen molar-refractivity contribution in [1.82, 2.24) is 15.6 Å². The van der Waals surface area contributed by atoms with Crippen LogP contribution in [0, 0.1) is 0 Å². The van der Waals surface area contributed by atoms with E-state index < -0.39 is 9.84 Å². The Morgan fingerprint density at radius 3 is 2.48 bits per heavy atom. The summed E-state index contributed by atoms with van der Waals surface area (Å²) in [5.41, 5.74) is 3.62. The molecule has 2 aliphatic rings. The molecule has 0 radical (unpaired) electrons. The van der Waals surface area contributed by atoms with Gasteiger partial charge in [-0.3, -0.25) is 9.78 Å². The van der Waals surface area contributed by atoms with Crippen molar-refractivity contribution < 1.29 is 17.9 Å². The van der Waals surface area contributed by atoms with Crippen molar-refractivity contribution in [1.29, 1.82) is 0 Å². The Balaban J connectivity index is 0.000000220. The number of fused-ring (bicyclic) bond motifs is 1. The van der Waals surface area contributed by atoms with Crippen LogP contribution in [-0.2, 0) is 39.0 Å². The lowest BCUT2D eigenvalue weighted by molar-refractivity contribution is -0.119. The van der Waals surface area contributed by atoms with Gasteiger partial charge >= 0.3 is 0 Å². The molecule has 1 aromatic carbocycles. The molecule has 1 amide bonds. The number of nitrogens with zero attached hydrogens (tertiary/aromatic N) is 1. The molecule has 2 aliphatic heterocycles. The van der Waals surface area contributed by atoms with Crippen LogP contribution in [0.2, 0.25) is 0 Å². The molecule has 0 spiro atoms. The third-order valence-corrected chi connectivity index (χ3v) is 7.31. The van der Waals surface area contributed by atoms with Crippen molar-refractivity contribution in [3.63, 3.8) is 0 Å². The van der Waals surface area contributed by atoms with Crippen molar-refractivity contribution in [3.8, 4) is 0 Å². The molecular formula is C21H27N3O4S. The largest absolute Gasteiger partial charge is 0.381 e. The smallest absolute Gasteiger partial charge is 0.217 e. The summed E-state index contributed by atoms with van der Waals surface area (Å²) in [6, 6.07) is 8.77. The second-order valence-corrected chi connectivity index (χ2v) is 9.39. The van der Waals surface area contributed by atoms with Gasteiger partial charge in [0.1, 0.15) is 0 Å². The monoisotopic (exact) mass is 417 g/mol. The third-order valence-electron chi connectivity index (χ3n) is 5.04. The van der Waals surface area contributed by atoms with Gasteiger partial charge in [0.05, 0.1) is 10.1 Å². The Kier molecular flexibility index (Phi) is 7.35. The van der Waals surface area contributed by atoms with Crippen LogP contribution in [0.4, 0.5) is 0 Å². The first-order chi connectivity index (χ1) is 14.0. The number of carbonyl (C=O) groups excluding carboxylic acids is 1. The fraction of sp³-hybridized carbons (Fsp3) is 0.429. The van der Waals surface area contributed by atoms with Crippen LogP contribution in [0.15, 0.2) is 47.6 Å². The lowest BCUT2D eigenvalue weighted by atomic mass is 10.2. The number of rotatable bonds is 4. The predicted molar refractivity (Wildman–Crippen MR) is 110 cm³/mol. The van der Waals surface area contributed by atoms with Gasteiger partial charge in [0.2, 0.25) is 5.91 Å². The summed E-state index contributed by atoms with van der Waals surface area (Å²) in [4.78, 5) is 15.2. The molecule has 1 aromatic heterocycles. The van der Waals surface area contributed by atoms with E-state index in [9.17, 15) is 13.2 Å². The highest BCUT2D eigenvalue weighted by molar-refractivity contribution is 7.92. The Morgan fingerprint density at radius 2 is 1.83 bits per heavy atom. The lowest BCUT2D eigenvalue weighted by Gasteiger charge is -2.22. The van der Waals surface area contributed by atoms with E-state index in [1.54, 1.807) is 24.3 Å². The molecule has 156 valence electrons. The van der Waals surface area contributed by atoms with Crippen LogP contribution in [0.3, 0.4) is 0 Å². The van der Waals surface area contributed by atoms with Crippen molar-refractivity contribution in [2.45, 2.75) is 49.5 Å². The summed E-state index contributed by atoms with van der Waals surface area (Å²) in [7, 11) is -3.28. The zero-order valence-electron chi connectivity index (χ0n) is 16.6. The van der Waals surface area contributed by atoms with Crippen molar-refractivity contribution >= 4 is 15.7 Å². The predicted octanol–water partition coefficient (Wildman–Crippen LogP) is 1.96. The fourth-order valence-corrected chi connectivity index (χ4v) is 5.04. The molecule has 2 aromatic rings. The zero-order valence-corrected chi connectivity index (χ0v) is 17.4. The van der Waals surface area contributed by atoms with Crippen LogP contribution in [0.25, 0.3) is 0 Å². The van der Waals surface area contributed by atoms with Crippen molar-refractivity contribution in [2.75, 3.05) is 13.2 Å². The quantitative estimate of drug-likeness (QED) is 0.789. The van der Waals surface area contributed by atoms with Crippen LogP contribution in [-0.4, -0.2) is 37.8 Å². The molecular weight excluding hydrogens is 390 g/mol. The first kappa shape index (κ1) is 21.4. The zero-order chi connectivity index (χ0) is 20.7. The van der Waals surface area contributed by atoms with Gasteiger partial charge < -0.3 is 15.4 Å². The number of sulfone groups is 1. The molecule has 0 saturated carbocycles. The summed E-state index contributed by atoms with van der Waals surface area (Å²) < 4.78 is 30.1. The minimum atomic E-state index is -3.28. The summed E-state index contributed by atoms with van der Waals surface area (Å²) in [5.74, 6) is -0.107. The summed E-state index contributed by atoms with van der Waals surface area (Å²) >= 11 is 0. The van der Waals surface area contributed by atoms with E-state index in [2.05, 4.69) is 21.7 Å². The molecule has 2 N–H and O–H groups in total. The van der Waals surface area contributed by atoms with Crippen LogP contribution >= 0.6 is 0 Å². The summed E-state index contributed by atoms with van der Waals surface area (Å²) in [6.45, 7) is 4.87. The maximum atomic E-state index is 12.4. The SMILES string of the molecule is CC(=O)NCc1ccc(S(=O)(=O)C2CCOCC2)cc1.c1cc2c(cn1)CNC2. The molecule has 7 nitrogen and oxygen atoms in total. The van der Waals surface area contributed by atoms with E-state index >= 15 is 0 Å². The molecule has 4 rings (SSSR count). The van der Waals surface area contributed by atoms with Gasteiger partial charge in [-0.1, -0.05) is 12.1 Å². The molecule has 0 unspecified atom stereocenters. The fourth-order valence-electron chi connectivity index (χ4n) is 3.32. The summed E-state index contributed by atoms with van der Waals surface area (Å²) in [6.07, 6.45) is 4.87. The highest BCUT2D eigenvalue weighted by Gasteiger charge is 2.29. The Labute approximate surface area is 171 Å². The van der Waals surface area contributed by atoms with Gasteiger partial charge in [-0.2, -0.15) is 0 Å². The van der Waals surface area contributed by atoms with Crippen LogP contribution in [0.5, 0.6) is 0 Å². The molecule has 0 bridgehead atoms. The number of ether oxygens (including phenoxy) is 1. The van der Waals surface area contributed by atoms with Crippen molar-refractivity contribution in [3.05, 3.63) is 59.4 Å². The average Bonchev–Trinajstić information content (AvgIpc) is 3.22. The second kappa shape index (κ2) is 9.96. The molecule has 3 heterocycles. The van der Waals surface area contributed by atoms with Crippen LogP contribution < -0.4 is 10.6 Å². The van der Waals surface area contributed by atoms with Gasteiger partial charge in [-0.25, -0.2) is 8.42 Å². The minimum Gasteiger partial charge on any atom is -0.381 e. The topological polar surface area (TPSA) is 97.4 Å². The number of pyridine rings is 1. The molecule has 0 atom stereocenters. The minimum absolute atomic E-state index is 0.107. The maximum Gasteiger partial charge on any atom is 0.217 e. The number of hydrogen-bond donors (Lipinski definition) is 2. The number of carbonyl (C=O) groups is 1. The van der Waals surface area contributed by atoms with E-state index in [4.69, 9.17) is 4.74 Å². The first-order valence-electron chi connectivity index (χ1n) is 9.74. The molecule has 0 aliphatic carbocycles.